The molecule has 1 aliphatic heterocycles. The van der Waals surface area contributed by atoms with Crippen molar-refractivity contribution in [2.75, 3.05) is 12.8 Å². The van der Waals surface area contributed by atoms with Crippen molar-refractivity contribution in [2.24, 2.45) is 0 Å². The van der Waals surface area contributed by atoms with Crippen LogP contribution >= 0.6 is 0 Å². The van der Waals surface area contributed by atoms with Gasteiger partial charge in [0.1, 0.15) is 5.52 Å². The first-order chi connectivity index (χ1) is 8.54. The topological polar surface area (TPSA) is 82.3 Å². The third-order valence-corrected chi connectivity index (χ3v) is 4.39. The SMILES string of the molecule is COc1c2c(cc3c(N)ccnc13)S(=O)(=O)C=C2. The molecular weight excluding hydrogens is 252 g/mol. The van der Waals surface area contributed by atoms with Crippen LogP contribution in [0.2, 0.25) is 0 Å². The van der Waals surface area contributed by atoms with Crippen LogP contribution < -0.4 is 10.5 Å². The largest absolute Gasteiger partial charge is 0.494 e. The van der Waals surface area contributed by atoms with Gasteiger partial charge in [0.05, 0.1) is 12.0 Å². The summed E-state index contributed by atoms with van der Waals surface area (Å²) in [4.78, 5) is 4.42. The summed E-state index contributed by atoms with van der Waals surface area (Å²) in [6.07, 6.45) is 3.09. The number of pyridine rings is 1. The number of benzene rings is 1. The van der Waals surface area contributed by atoms with Crippen LogP contribution in [0.1, 0.15) is 5.56 Å². The molecule has 6 heteroatoms. The second-order valence-electron chi connectivity index (χ2n) is 3.97. The summed E-state index contributed by atoms with van der Waals surface area (Å²) in [5.74, 6) is 0.437. The summed E-state index contributed by atoms with van der Waals surface area (Å²) >= 11 is 0. The molecule has 0 aliphatic carbocycles. The van der Waals surface area contributed by atoms with Gasteiger partial charge in [-0.25, -0.2) is 8.42 Å². The van der Waals surface area contributed by atoms with Crippen molar-refractivity contribution in [3.63, 3.8) is 0 Å². The van der Waals surface area contributed by atoms with E-state index < -0.39 is 9.84 Å². The Morgan fingerprint density at radius 2 is 2.17 bits per heavy atom. The summed E-state index contributed by atoms with van der Waals surface area (Å²) in [6.45, 7) is 0. The Balaban J connectivity index is 2.55. The molecule has 5 nitrogen and oxygen atoms in total. The van der Waals surface area contributed by atoms with Crippen LogP contribution in [-0.4, -0.2) is 20.5 Å². The number of nitrogen functional groups attached to an aromatic ring is 1. The number of rotatable bonds is 1. The maximum atomic E-state index is 11.9. The first kappa shape index (κ1) is 11.0. The van der Waals surface area contributed by atoms with E-state index in [-0.39, 0.29) is 4.90 Å². The highest BCUT2D eigenvalue weighted by molar-refractivity contribution is 7.94. The molecule has 0 unspecified atom stereocenters. The number of methoxy groups -OCH3 is 1. The average Bonchev–Trinajstić information content (AvgIpc) is 2.64. The molecule has 0 spiro atoms. The lowest BCUT2D eigenvalue weighted by Crippen LogP contribution is -1.99. The fraction of sp³-hybridized carbons (Fsp3) is 0.0833. The smallest absolute Gasteiger partial charge is 0.200 e. The number of anilines is 1. The molecule has 0 amide bonds. The molecule has 18 heavy (non-hydrogen) atoms. The van der Waals surface area contributed by atoms with Crippen LogP contribution in [0, 0.1) is 0 Å². The molecule has 0 saturated carbocycles. The molecule has 2 N–H and O–H groups in total. The Hall–Kier alpha value is -2.08. The number of aromatic nitrogens is 1. The number of hydrogen-bond acceptors (Lipinski definition) is 5. The molecular formula is C12H10N2O3S. The maximum absolute atomic E-state index is 11.9. The maximum Gasteiger partial charge on any atom is 0.200 e. The predicted octanol–water partition coefficient (Wildman–Crippen LogP) is 1.58. The van der Waals surface area contributed by atoms with E-state index in [0.29, 0.717) is 27.9 Å². The number of hydrogen-bond donors (Lipinski definition) is 1. The lowest BCUT2D eigenvalue weighted by Gasteiger charge is -2.10. The highest BCUT2D eigenvalue weighted by Gasteiger charge is 2.26. The summed E-state index contributed by atoms with van der Waals surface area (Å²) in [6, 6.07) is 3.17. The van der Waals surface area contributed by atoms with Crippen molar-refractivity contribution in [3.8, 4) is 5.75 Å². The standard InChI is InChI=1S/C12H10N2O3S/c1-17-12-7-3-5-18(15,16)10(7)6-8-9(13)2-4-14-11(8)12/h2-6H,1H3,(H2,13,14). The Bertz CT molecular complexity index is 795. The number of nitrogens with zero attached hydrogens (tertiary/aromatic N) is 1. The van der Waals surface area contributed by atoms with E-state index in [9.17, 15) is 8.42 Å². The van der Waals surface area contributed by atoms with Crippen molar-refractivity contribution >= 4 is 32.5 Å². The number of nitrogens with two attached hydrogens (primary N) is 1. The van der Waals surface area contributed by atoms with Gasteiger partial charge in [-0.15, -0.1) is 0 Å². The highest BCUT2D eigenvalue weighted by atomic mass is 32.2. The molecule has 1 aromatic carbocycles. The van der Waals surface area contributed by atoms with Gasteiger partial charge in [-0.2, -0.15) is 0 Å². The van der Waals surface area contributed by atoms with Crippen LogP contribution in [0.4, 0.5) is 5.69 Å². The first-order valence-corrected chi connectivity index (χ1v) is 6.77. The molecule has 0 radical (unpaired) electrons. The molecule has 2 heterocycles. The van der Waals surface area contributed by atoms with Gasteiger partial charge in [-0.3, -0.25) is 4.98 Å². The summed E-state index contributed by atoms with van der Waals surface area (Å²) < 4.78 is 29.0. The summed E-state index contributed by atoms with van der Waals surface area (Å²) in [7, 11) is -1.91. The molecule has 3 rings (SSSR count). The van der Waals surface area contributed by atoms with E-state index in [1.165, 1.54) is 13.2 Å². The van der Waals surface area contributed by atoms with Gasteiger partial charge in [-0.1, -0.05) is 0 Å². The van der Waals surface area contributed by atoms with Gasteiger partial charge in [0.15, 0.2) is 5.75 Å². The van der Waals surface area contributed by atoms with E-state index in [2.05, 4.69) is 4.98 Å². The zero-order valence-corrected chi connectivity index (χ0v) is 10.4. The third-order valence-electron chi connectivity index (χ3n) is 2.95. The molecule has 0 atom stereocenters. The van der Waals surface area contributed by atoms with Crippen molar-refractivity contribution < 1.29 is 13.2 Å². The normalized spacial score (nSPS) is 15.8. The minimum absolute atomic E-state index is 0.214. The predicted molar refractivity (Wildman–Crippen MR) is 68.9 cm³/mol. The molecule has 1 aliphatic rings. The van der Waals surface area contributed by atoms with Crippen molar-refractivity contribution in [1.82, 2.24) is 4.98 Å². The Labute approximate surface area is 104 Å². The van der Waals surface area contributed by atoms with Crippen molar-refractivity contribution in [1.29, 1.82) is 0 Å². The van der Waals surface area contributed by atoms with Crippen molar-refractivity contribution in [3.05, 3.63) is 29.3 Å². The third kappa shape index (κ3) is 1.32. The quantitative estimate of drug-likeness (QED) is 0.843. The molecule has 2 aromatic rings. The molecule has 0 bridgehead atoms. The fourth-order valence-corrected chi connectivity index (χ4v) is 3.31. The first-order valence-electron chi connectivity index (χ1n) is 5.23. The molecule has 92 valence electrons. The van der Waals surface area contributed by atoms with Gasteiger partial charge in [-0.05, 0) is 18.2 Å². The van der Waals surface area contributed by atoms with Gasteiger partial charge in [0, 0.05) is 28.2 Å². The molecule has 0 saturated heterocycles. The monoisotopic (exact) mass is 262 g/mol. The van der Waals surface area contributed by atoms with Crippen LogP contribution in [-0.2, 0) is 9.84 Å². The van der Waals surface area contributed by atoms with Crippen molar-refractivity contribution in [2.45, 2.75) is 4.90 Å². The number of fused-ring (bicyclic) bond motifs is 2. The minimum atomic E-state index is -3.39. The number of ether oxygens (including phenoxy) is 1. The van der Waals surface area contributed by atoms with E-state index in [4.69, 9.17) is 10.5 Å². The van der Waals surface area contributed by atoms with Crippen LogP contribution in [0.15, 0.2) is 28.6 Å². The van der Waals surface area contributed by atoms with Gasteiger partial charge in [0.25, 0.3) is 0 Å². The van der Waals surface area contributed by atoms with Crippen LogP contribution in [0.25, 0.3) is 17.0 Å². The van der Waals surface area contributed by atoms with Gasteiger partial charge < -0.3 is 10.5 Å². The van der Waals surface area contributed by atoms with Gasteiger partial charge >= 0.3 is 0 Å². The van der Waals surface area contributed by atoms with E-state index in [0.717, 1.165) is 5.41 Å². The average molecular weight is 262 g/mol. The number of sulfone groups is 1. The van der Waals surface area contributed by atoms with Crippen LogP contribution in [0.5, 0.6) is 5.75 Å². The Morgan fingerprint density at radius 1 is 1.39 bits per heavy atom. The fourth-order valence-electron chi connectivity index (χ4n) is 2.10. The van der Waals surface area contributed by atoms with E-state index >= 15 is 0 Å². The Morgan fingerprint density at radius 3 is 2.89 bits per heavy atom. The zero-order valence-electron chi connectivity index (χ0n) is 9.54. The van der Waals surface area contributed by atoms with E-state index in [1.807, 2.05) is 0 Å². The Kier molecular flexibility index (Phi) is 2.12. The lowest BCUT2D eigenvalue weighted by atomic mass is 10.1. The second-order valence-corrected chi connectivity index (χ2v) is 5.77. The molecule has 1 aromatic heterocycles. The van der Waals surface area contributed by atoms with Gasteiger partial charge in [0.2, 0.25) is 9.84 Å². The molecule has 0 fully saturated rings. The summed E-state index contributed by atoms with van der Waals surface area (Å²) in [5.41, 5.74) is 7.43. The second kappa shape index (κ2) is 3.46. The lowest BCUT2D eigenvalue weighted by molar-refractivity contribution is 0.417. The summed E-state index contributed by atoms with van der Waals surface area (Å²) in [5, 5.41) is 1.75. The minimum Gasteiger partial charge on any atom is -0.494 e. The zero-order chi connectivity index (χ0) is 12.9. The van der Waals surface area contributed by atoms with Crippen LogP contribution in [0.3, 0.4) is 0 Å². The van der Waals surface area contributed by atoms with E-state index in [1.54, 1.807) is 18.3 Å². The highest BCUT2D eigenvalue weighted by Crippen LogP contribution is 2.40.